The van der Waals surface area contributed by atoms with Crippen LogP contribution in [0.3, 0.4) is 0 Å². The molecule has 154 valence electrons. The van der Waals surface area contributed by atoms with E-state index in [0.29, 0.717) is 23.7 Å². The standard InChI is InChI=1S/C21H24N2O5S/c1-3-28-18-7-5-4-6-17(18)23-21(27)14(2)29-16-10-8-15(9-11-16)22-19(24)12-13-20(25)26/h4-11,14H,3,12-13H2,1-2H3,(H,22,24)(H,23,27)(H,25,26). The minimum Gasteiger partial charge on any atom is -0.492 e. The largest absolute Gasteiger partial charge is 0.492 e. The van der Waals surface area contributed by atoms with Gasteiger partial charge in [0, 0.05) is 17.0 Å². The molecule has 0 heterocycles. The van der Waals surface area contributed by atoms with E-state index >= 15 is 0 Å². The van der Waals surface area contributed by atoms with Gasteiger partial charge in [-0.15, -0.1) is 11.8 Å². The van der Waals surface area contributed by atoms with E-state index in [1.807, 2.05) is 26.0 Å². The quantitative estimate of drug-likeness (QED) is 0.506. The van der Waals surface area contributed by atoms with Crippen molar-refractivity contribution >= 4 is 40.9 Å². The van der Waals surface area contributed by atoms with E-state index in [4.69, 9.17) is 9.84 Å². The Morgan fingerprint density at radius 2 is 1.72 bits per heavy atom. The summed E-state index contributed by atoms with van der Waals surface area (Å²) in [7, 11) is 0. The maximum Gasteiger partial charge on any atom is 0.303 e. The number of carbonyl (C=O) groups excluding carboxylic acids is 2. The summed E-state index contributed by atoms with van der Waals surface area (Å²) in [5, 5.41) is 13.8. The zero-order valence-corrected chi connectivity index (χ0v) is 17.1. The van der Waals surface area contributed by atoms with Gasteiger partial charge >= 0.3 is 5.97 Å². The number of carboxylic acid groups (broad SMARTS) is 1. The van der Waals surface area contributed by atoms with Gasteiger partial charge in [0.15, 0.2) is 0 Å². The van der Waals surface area contributed by atoms with Crippen molar-refractivity contribution < 1.29 is 24.2 Å². The van der Waals surface area contributed by atoms with Gasteiger partial charge in [-0.2, -0.15) is 0 Å². The minimum atomic E-state index is -1.01. The van der Waals surface area contributed by atoms with E-state index in [1.165, 1.54) is 11.8 Å². The topological polar surface area (TPSA) is 105 Å². The third kappa shape index (κ3) is 7.50. The maximum atomic E-state index is 12.5. The number of nitrogens with one attached hydrogen (secondary N) is 2. The fraction of sp³-hybridized carbons (Fsp3) is 0.286. The molecule has 0 aliphatic heterocycles. The molecule has 0 saturated carbocycles. The molecule has 2 amide bonds. The van der Waals surface area contributed by atoms with Crippen molar-refractivity contribution in [3.8, 4) is 5.75 Å². The minimum absolute atomic E-state index is 0.0771. The molecule has 0 aromatic heterocycles. The number of para-hydroxylation sites is 2. The lowest BCUT2D eigenvalue weighted by atomic mass is 10.2. The Morgan fingerprint density at radius 3 is 2.38 bits per heavy atom. The van der Waals surface area contributed by atoms with Crippen LogP contribution in [0, 0.1) is 0 Å². The molecule has 0 saturated heterocycles. The zero-order chi connectivity index (χ0) is 21.2. The van der Waals surface area contributed by atoms with E-state index in [-0.39, 0.29) is 29.9 Å². The first-order valence-electron chi connectivity index (χ1n) is 9.20. The Labute approximate surface area is 173 Å². The summed E-state index contributed by atoms with van der Waals surface area (Å²) >= 11 is 1.39. The predicted molar refractivity (Wildman–Crippen MR) is 114 cm³/mol. The monoisotopic (exact) mass is 416 g/mol. The second-order valence-electron chi connectivity index (χ2n) is 6.14. The van der Waals surface area contributed by atoms with Gasteiger partial charge in [-0.3, -0.25) is 14.4 Å². The van der Waals surface area contributed by atoms with Crippen molar-refractivity contribution in [2.24, 2.45) is 0 Å². The van der Waals surface area contributed by atoms with E-state index in [1.54, 1.807) is 36.4 Å². The number of hydrogen-bond donors (Lipinski definition) is 3. The summed E-state index contributed by atoms with van der Waals surface area (Å²) in [5.41, 5.74) is 1.21. The molecule has 29 heavy (non-hydrogen) atoms. The Morgan fingerprint density at radius 1 is 1.03 bits per heavy atom. The molecule has 3 N–H and O–H groups in total. The van der Waals surface area contributed by atoms with Crippen LogP contribution in [0.1, 0.15) is 26.7 Å². The molecular weight excluding hydrogens is 392 g/mol. The van der Waals surface area contributed by atoms with Gasteiger partial charge in [-0.05, 0) is 50.2 Å². The van der Waals surface area contributed by atoms with Crippen LogP contribution in [-0.4, -0.2) is 34.7 Å². The smallest absolute Gasteiger partial charge is 0.303 e. The number of rotatable bonds is 10. The lowest BCUT2D eigenvalue weighted by Crippen LogP contribution is -2.22. The summed E-state index contributed by atoms with van der Waals surface area (Å²) in [5.74, 6) is -0.881. The molecule has 0 fully saturated rings. The lowest BCUT2D eigenvalue weighted by Gasteiger charge is -2.15. The SMILES string of the molecule is CCOc1ccccc1NC(=O)C(C)Sc1ccc(NC(=O)CCC(=O)O)cc1. The molecule has 7 nitrogen and oxygen atoms in total. The Kier molecular flexibility index (Phi) is 8.54. The molecule has 0 bridgehead atoms. The van der Waals surface area contributed by atoms with Crippen molar-refractivity contribution in [2.75, 3.05) is 17.2 Å². The third-order valence-corrected chi connectivity index (χ3v) is 4.94. The Hall–Kier alpha value is -3.00. The molecule has 0 spiro atoms. The van der Waals surface area contributed by atoms with Gasteiger partial charge in [0.25, 0.3) is 0 Å². The number of ether oxygens (including phenoxy) is 1. The average molecular weight is 416 g/mol. The first kappa shape index (κ1) is 22.3. The average Bonchev–Trinajstić information content (AvgIpc) is 2.69. The van der Waals surface area contributed by atoms with Gasteiger partial charge in [-0.25, -0.2) is 0 Å². The Bertz CT molecular complexity index is 854. The van der Waals surface area contributed by atoms with Crippen molar-refractivity contribution in [3.05, 3.63) is 48.5 Å². The Balaban J connectivity index is 1.90. The first-order chi connectivity index (χ1) is 13.9. The number of carboxylic acids is 1. The molecule has 2 aromatic rings. The third-order valence-electron chi connectivity index (χ3n) is 3.83. The van der Waals surface area contributed by atoms with Crippen LogP contribution in [0.4, 0.5) is 11.4 Å². The second kappa shape index (κ2) is 11.1. The van der Waals surface area contributed by atoms with Crippen LogP contribution < -0.4 is 15.4 Å². The highest BCUT2D eigenvalue weighted by Crippen LogP contribution is 2.28. The fourth-order valence-electron chi connectivity index (χ4n) is 2.40. The summed E-state index contributed by atoms with van der Waals surface area (Å²) < 4.78 is 5.52. The molecule has 0 aliphatic carbocycles. The van der Waals surface area contributed by atoms with Crippen LogP contribution in [0.2, 0.25) is 0 Å². The molecular formula is C21H24N2O5S. The number of thioether (sulfide) groups is 1. The first-order valence-corrected chi connectivity index (χ1v) is 10.1. The van der Waals surface area contributed by atoms with Crippen molar-refractivity contribution in [2.45, 2.75) is 36.8 Å². The molecule has 2 rings (SSSR count). The summed E-state index contributed by atoms with van der Waals surface area (Å²) in [6, 6.07) is 14.3. The number of benzene rings is 2. The molecule has 0 aliphatic rings. The van der Waals surface area contributed by atoms with Crippen LogP contribution in [0.5, 0.6) is 5.75 Å². The van der Waals surface area contributed by atoms with E-state index in [0.717, 1.165) is 4.90 Å². The molecule has 1 atom stereocenters. The maximum absolute atomic E-state index is 12.5. The van der Waals surface area contributed by atoms with Crippen LogP contribution >= 0.6 is 11.8 Å². The number of aliphatic carboxylic acids is 1. The summed E-state index contributed by atoms with van der Waals surface area (Å²) in [6.45, 7) is 4.20. The van der Waals surface area contributed by atoms with Crippen molar-refractivity contribution in [1.82, 2.24) is 0 Å². The fourth-order valence-corrected chi connectivity index (χ4v) is 3.27. The number of carbonyl (C=O) groups is 3. The van der Waals surface area contributed by atoms with Crippen LogP contribution in [-0.2, 0) is 14.4 Å². The summed E-state index contributed by atoms with van der Waals surface area (Å²) in [4.78, 5) is 35.6. The lowest BCUT2D eigenvalue weighted by molar-refractivity contribution is -0.138. The second-order valence-corrected chi connectivity index (χ2v) is 7.56. The zero-order valence-electron chi connectivity index (χ0n) is 16.3. The highest BCUT2D eigenvalue weighted by Gasteiger charge is 2.16. The van der Waals surface area contributed by atoms with Crippen molar-refractivity contribution in [3.63, 3.8) is 0 Å². The van der Waals surface area contributed by atoms with Gasteiger partial charge in [0.05, 0.1) is 24.0 Å². The van der Waals surface area contributed by atoms with Crippen LogP contribution in [0.15, 0.2) is 53.4 Å². The van der Waals surface area contributed by atoms with Crippen LogP contribution in [0.25, 0.3) is 0 Å². The van der Waals surface area contributed by atoms with Gasteiger partial charge < -0.3 is 20.5 Å². The van der Waals surface area contributed by atoms with Crippen molar-refractivity contribution in [1.29, 1.82) is 0 Å². The predicted octanol–water partition coefficient (Wildman–Crippen LogP) is 4.01. The molecule has 8 heteroatoms. The molecule has 1 unspecified atom stereocenters. The van der Waals surface area contributed by atoms with Gasteiger partial charge in [0.1, 0.15) is 5.75 Å². The normalized spacial score (nSPS) is 11.4. The van der Waals surface area contributed by atoms with Gasteiger partial charge in [-0.1, -0.05) is 12.1 Å². The number of amides is 2. The summed E-state index contributed by atoms with van der Waals surface area (Å²) in [6.07, 6.45) is -0.287. The number of hydrogen-bond acceptors (Lipinski definition) is 5. The number of anilines is 2. The highest BCUT2D eigenvalue weighted by molar-refractivity contribution is 8.00. The highest BCUT2D eigenvalue weighted by atomic mass is 32.2. The van der Waals surface area contributed by atoms with Gasteiger partial charge in [0.2, 0.25) is 11.8 Å². The van der Waals surface area contributed by atoms with E-state index in [9.17, 15) is 14.4 Å². The van der Waals surface area contributed by atoms with E-state index < -0.39 is 5.97 Å². The molecule has 2 aromatic carbocycles. The van der Waals surface area contributed by atoms with E-state index in [2.05, 4.69) is 10.6 Å². The molecule has 0 radical (unpaired) electrons.